The van der Waals surface area contributed by atoms with Gasteiger partial charge in [0.2, 0.25) is 5.91 Å². The number of nitrogens with two attached hydrogens (primary N) is 1. The van der Waals surface area contributed by atoms with E-state index in [1.165, 1.54) is 10.5 Å². The molecule has 1 saturated heterocycles. The molecule has 3 nitrogen and oxygen atoms in total. The van der Waals surface area contributed by atoms with Gasteiger partial charge in [0.15, 0.2) is 0 Å². The van der Waals surface area contributed by atoms with Gasteiger partial charge in [-0.3, -0.25) is 4.79 Å². The normalized spacial score (nSPS) is 26.0. The van der Waals surface area contributed by atoms with Crippen molar-refractivity contribution in [3.05, 3.63) is 29.8 Å². The van der Waals surface area contributed by atoms with Crippen LogP contribution in [0, 0.1) is 5.92 Å². The summed E-state index contributed by atoms with van der Waals surface area (Å²) < 4.78 is 0. The van der Waals surface area contributed by atoms with Crippen LogP contribution in [0.15, 0.2) is 29.2 Å². The number of amides is 1. The van der Waals surface area contributed by atoms with Gasteiger partial charge < -0.3 is 10.6 Å². The molecular formula is C15H21ClN2OS. The van der Waals surface area contributed by atoms with Crippen molar-refractivity contribution in [1.29, 1.82) is 0 Å². The van der Waals surface area contributed by atoms with Crippen molar-refractivity contribution in [2.75, 3.05) is 18.8 Å². The van der Waals surface area contributed by atoms with Crippen molar-refractivity contribution in [2.45, 2.75) is 30.2 Å². The second kappa shape index (κ2) is 6.37. The molecule has 1 aromatic carbocycles. The van der Waals surface area contributed by atoms with E-state index in [0.717, 1.165) is 25.3 Å². The van der Waals surface area contributed by atoms with Crippen molar-refractivity contribution in [3.8, 4) is 0 Å². The van der Waals surface area contributed by atoms with Crippen molar-refractivity contribution in [3.63, 3.8) is 0 Å². The maximum atomic E-state index is 12.7. The third-order valence-electron chi connectivity index (χ3n) is 4.28. The molecule has 2 heterocycles. The van der Waals surface area contributed by atoms with Crippen molar-refractivity contribution in [2.24, 2.45) is 11.7 Å². The highest BCUT2D eigenvalue weighted by Gasteiger charge is 2.36. The van der Waals surface area contributed by atoms with Crippen LogP contribution < -0.4 is 5.73 Å². The van der Waals surface area contributed by atoms with Crippen molar-refractivity contribution >= 4 is 30.1 Å². The van der Waals surface area contributed by atoms with Crippen LogP contribution in [0.25, 0.3) is 0 Å². The second-order valence-corrected chi connectivity index (χ2v) is 6.66. The van der Waals surface area contributed by atoms with Gasteiger partial charge in [-0.15, -0.1) is 24.2 Å². The van der Waals surface area contributed by atoms with Gasteiger partial charge in [0, 0.05) is 29.8 Å². The SMILES string of the molecule is CC(N)C1CCN(C(=O)C2CSc3ccccc32)C1.Cl. The van der Waals surface area contributed by atoms with Gasteiger partial charge in [0.25, 0.3) is 0 Å². The number of likely N-dealkylation sites (tertiary alicyclic amines) is 1. The number of carbonyl (C=O) groups is 1. The first-order chi connectivity index (χ1) is 9.16. The van der Waals surface area contributed by atoms with Crippen LogP contribution in [0.3, 0.4) is 0 Å². The fraction of sp³-hybridized carbons (Fsp3) is 0.533. The molecule has 2 aliphatic rings. The average Bonchev–Trinajstić information content (AvgIpc) is 3.05. The average molecular weight is 313 g/mol. The Bertz CT molecular complexity index is 495. The van der Waals surface area contributed by atoms with Gasteiger partial charge >= 0.3 is 0 Å². The Morgan fingerprint density at radius 2 is 2.20 bits per heavy atom. The predicted molar refractivity (Wildman–Crippen MR) is 85.5 cm³/mol. The van der Waals surface area contributed by atoms with E-state index in [9.17, 15) is 4.79 Å². The Morgan fingerprint density at radius 1 is 1.45 bits per heavy atom. The summed E-state index contributed by atoms with van der Waals surface area (Å²) in [5, 5.41) is 0. The van der Waals surface area contributed by atoms with E-state index in [4.69, 9.17) is 5.73 Å². The van der Waals surface area contributed by atoms with Crippen molar-refractivity contribution < 1.29 is 4.79 Å². The monoisotopic (exact) mass is 312 g/mol. The van der Waals surface area contributed by atoms with Gasteiger partial charge in [0.1, 0.15) is 0 Å². The van der Waals surface area contributed by atoms with E-state index in [-0.39, 0.29) is 24.4 Å². The summed E-state index contributed by atoms with van der Waals surface area (Å²) in [5.74, 6) is 1.69. The van der Waals surface area contributed by atoms with E-state index >= 15 is 0 Å². The fourth-order valence-electron chi connectivity index (χ4n) is 3.00. The standard InChI is InChI=1S/C15H20N2OS.ClH/c1-10(16)11-6-7-17(8-11)15(18)13-9-19-14-5-3-2-4-12(13)14;/h2-5,10-11,13H,6-9,16H2,1H3;1H. The van der Waals surface area contributed by atoms with Gasteiger partial charge in [-0.1, -0.05) is 18.2 Å². The van der Waals surface area contributed by atoms with E-state index in [1.807, 2.05) is 24.0 Å². The zero-order chi connectivity index (χ0) is 13.4. The number of thioether (sulfide) groups is 1. The molecule has 3 unspecified atom stereocenters. The Balaban J connectivity index is 0.00000147. The first-order valence-corrected chi connectivity index (χ1v) is 7.91. The molecule has 0 spiro atoms. The van der Waals surface area contributed by atoms with E-state index in [0.29, 0.717) is 11.8 Å². The van der Waals surface area contributed by atoms with Crippen LogP contribution in [-0.2, 0) is 4.79 Å². The first-order valence-electron chi connectivity index (χ1n) is 6.93. The van der Waals surface area contributed by atoms with Crippen LogP contribution in [-0.4, -0.2) is 35.7 Å². The van der Waals surface area contributed by atoms with Crippen LogP contribution >= 0.6 is 24.2 Å². The molecule has 5 heteroatoms. The minimum absolute atomic E-state index is 0. The molecule has 1 amide bonds. The molecule has 110 valence electrons. The lowest BCUT2D eigenvalue weighted by atomic mass is 9.99. The molecule has 2 N–H and O–H groups in total. The molecule has 0 saturated carbocycles. The fourth-order valence-corrected chi connectivity index (χ4v) is 4.22. The second-order valence-electron chi connectivity index (χ2n) is 5.59. The lowest BCUT2D eigenvalue weighted by Crippen LogP contribution is -2.35. The summed E-state index contributed by atoms with van der Waals surface area (Å²) >= 11 is 1.80. The minimum Gasteiger partial charge on any atom is -0.342 e. The molecular weight excluding hydrogens is 292 g/mol. The summed E-state index contributed by atoms with van der Waals surface area (Å²) in [5.41, 5.74) is 7.16. The maximum Gasteiger partial charge on any atom is 0.231 e. The highest BCUT2D eigenvalue weighted by Crippen LogP contribution is 2.40. The smallest absolute Gasteiger partial charge is 0.231 e. The number of hydrogen-bond donors (Lipinski definition) is 1. The molecule has 0 aromatic heterocycles. The van der Waals surface area contributed by atoms with Crippen LogP contribution in [0.4, 0.5) is 0 Å². The van der Waals surface area contributed by atoms with E-state index < -0.39 is 0 Å². The summed E-state index contributed by atoms with van der Waals surface area (Å²) in [7, 11) is 0. The minimum atomic E-state index is 0. The Kier molecular flexibility index (Phi) is 4.99. The lowest BCUT2D eigenvalue weighted by molar-refractivity contribution is -0.131. The maximum absolute atomic E-state index is 12.7. The molecule has 0 bridgehead atoms. The Labute approximate surface area is 130 Å². The Morgan fingerprint density at radius 3 is 2.90 bits per heavy atom. The number of fused-ring (bicyclic) bond motifs is 1. The van der Waals surface area contributed by atoms with Crippen LogP contribution in [0.1, 0.15) is 24.8 Å². The van der Waals surface area contributed by atoms with Crippen molar-refractivity contribution in [1.82, 2.24) is 4.90 Å². The lowest BCUT2D eigenvalue weighted by Gasteiger charge is -2.21. The van der Waals surface area contributed by atoms with E-state index in [1.54, 1.807) is 11.8 Å². The van der Waals surface area contributed by atoms with Gasteiger partial charge in [-0.2, -0.15) is 0 Å². The van der Waals surface area contributed by atoms with Crippen LogP contribution in [0.2, 0.25) is 0 Å². The summed E-state index contributed by atoms with van der Waals surface area (Å²) in [4.78, 5) is 15.9. The number of carbonyl (C=O) groups excluding carboxylic acids is 1. The highest BCUT2D eigenvalue weighted by molar-refractivity contribution is 7.99. The van der Waals surface area contributed by atoms with Gasteiger partial charge in [0.05, 0.1) is 5.92 Å². The quantitative estimate of drug-likeness (QED) is 0.912. The third-order valence-corrected chi connectivity index (χ3v) is 5.46. The molecule has 2 aliphatic heterocycles. The topological polar surface area (TPSA) is 46.3 Å². The molecule has 3 rings (SSSR count). The summed E-state index contributed by atoms with van der Waals surface area (Å²) in [6, 6.07) is 8.46. The number of nitrogens with zero attached hydrogens (tertiary/aromatic N) is 1. The molecule has 0 radical (unpaired) electrons. The number of benzene rings is 1. The molecule has 1 fully saturated rings. The summed E-state index contributed by atoms with van der Waals surface area (Å²) in [6.45, 7) is 3.74. The van der Waals surface area contributed by atoms with E-state index in [2.05, 4.69) is 12.1 Å². The van der Waals surface area contributed by atoms with Gasteiger partial charge in [-0.05, 0) is 30.9 Å². The number of hydrogen-bond acceptors (Lipinski definition) is 3. The predicted octanol–water partition coefficient (Wildman–Crippen LogP) is 2.49. The largest absolute Gasteiger partial charge is 0.342 e. The molecule has 3 atom stereocenters. The molecule has 1 aromatic rings. The summed E-state index contributed by atoms with van der Waals surface area (Å²) in [6.07, 6.45) is 1.05. The molecule has 0 aliphatic carbocycles. The number of rotatable bonds is 2. The first kappa shape index (κ1) is 15.7. The highest BCUT2D eigenvalue weighted by atomic mass is 35.5. The third kappa shape index (κ3) is 2.83. The van der Waals surface area contributed by atoms with Crippen LogP contribution in [0.5, 0.6) is 0 Å². The zero-order valence-electron chi connectivity index (χ0n) is 11.6. The van der Waals surface area contributed by atoms with Gasteiger partial charge in [-0.25, -0.2) is 0 Å². The zero-order valence-corrected chi connectivity index (χ0v) is 13.3. The molecule has 20 heavy (non-hydrogen) atoms. The Hall–Kier alpha value is -0.710. The number of halogens is 1.